The molecule has 0 spiro atoms. The Labute approximate surface area is 124 Å². The van der Waals surface area contributed by atoms with E-state index in [4.69, 9.17) is 0 Å². The second-order valence-corrected chi connectivity index (χ2v) is 4.76. The van der Waals surface area contributed by atoms with Crippen molar-refractivity contribution in [2.24, 2.45) is 0 Å². The molecule has 0 aromatic carbocycles. The molecule has 0 aliphatic heterocycles. The molecule has 0 aliphatic rings. The lowest BCUT2D eigenvalue weighted by Gasteiger charge is -2.04. The van der Waals surface area contributed by atoms with Gasteiger partial charge in [-0.15, -0.1) is 15.3 Å². The van der Waals surface area contributed by atoms with Crippen LogP contribution in [0.3, 0.4) is 0 Å². The fourth-order valence-corrected chi connectivity index (χ4v) is 2.32. The Balaban J connectivity index is 1.85. The molecule has 0 saturated heterocycles. The Kier molecular flexibility index (Phi) is 2.68. The molecular formula is C14H10FN7. The van der Waals surface area contributed by atoms with Gasteiger partial charge < -0.3 is 0 Å². The van der Waals surface area contributed by atoms with Crippen molar-refractivity contribution in [2.45, 2.75) is 6.92 Å². The molecule has 22 heavy (non-hydrogen) atoms. The first-order valence-electron chi connectivity index (χ1n) is 6.57. The minimum atomic E-state index is -0.588. The van der Waals surface area contributed by atoms with Crippen molar-refractivity contribution in [3.8, 4) is 16.9 Å². The van der Waals surface area contributed by atoms with Gasteiger partial charge in [-0.05, 0) is 31.2 Å². The first-order chi connectivity index (χ1) is 10.7. The van der Waals surface area contributed by atoms with E-state index in [9.17, 15) is 4.39 Å². The highest BCUT2D eigenvalue weighted by atomic mass is 19.1. The van der Waals surface area contributed by atoms with Crippen LogP contribution in [-0.4, -0.2) is 34.6 Å². The fourth-order valence-electron chi connectivity index (χ4n) is 2.32. The topological polar surface area (TPSA) is 73.8 Å². The Morgan fingerprint density at radius 1 is 1.18 bits per heavy atom. The van der Waals surface area contributed by atoms with Crippen LogP contribution in [0.5, 0.6) is 0 Å². The van der Waals surface area contributed by atoms with Crippen LogP contribution in [-0.2, 0) is 0 Å². The summed E-state index contributed by atoms with van der Waals surface area (Å²) in [6.07, 6.45) is 4.85. The highest BCUT2D eigenvalue weighted by Crippen LogP contribution is 2.23. The number of halogens is 1. The van der Waals surface area contributed by atoms with Gasteiger partial charge in [-0.25, -0.2) is 9.67 Å². The van der Waals surface area contributed by atoms with Crippen molar-refractivity contribution in [2.75, 3.05) is 0 Å². The number of hydrogen-bond donors (Lipinski definition) is 0. The number of fused-ring (bicyclic) bond motifs is 1. The molecule has 4 heterocycles. The van der Waals surface area contributed by atoms with Crippen molar-refractivity contribution in [1.82, 2.24) is 34.6 Å². The SMILES string of the molecule is Cc1c(-c2ccn3cnnc3c2)nnn1-c1cccnc1F. The molecule has 0 amide bonds. The van der Waals surface area contributed by atoms with Gasteiger partial charge in [0.15, 0.2) is 5.65 Å². The summed E-state index contributed by atoms with van der Waals surface area (Å²) < 4.78 is 17.0. The maximum absolute atomic E-state index is 13.8. The summed E-state index contributed by atoms with van der Waals surface area (Å²) in [7, 11) is 0. The maximum Gasteiger partial charge on any atom is 0.238 e. The number of pyridine rings is 2. The summed E-state index contributed by atoms with van der Waals surface area (Å²) in [5.74, 6) is -0.588. The highest BCUT2D eigenvalue weighted by Gasteiger charge is 2.15. The Bertz CT molecular complexity index is 972. The van der Waals surface area contributed by atoms with Gasteiger partial charge in [0.1, 0.15) is 17.7 Å². The van der Waals surface area contributed by atoms with Gasteiger partial charge in [0.05, 0.1) is 5.69 Å². The van der Waals surface area contributed by atoms with Gasteiger partial charge in [0.2, 0.25) is 5.95 Å². The Morgan fingerprint density at radius 3 is 2.95 bits per heavy atom. The average Bonchev–Trinajstić information content (AvgIpc) is 3.13. The molecule has 0 radical (unpaired) electrons. The molecule has 0 bridgehead atoms. The summed E-state index contributed by atoms with van der Waals surface area (Å²) in [5.41, 5.74) is 3.19. The van der Waals surface area contributed by atoms with Gasteiger partial charge in [-0.2, -0.15) is 4.39 Å². The summed E-state index contributed by atoms with van der Waals surface area (Å²) in [5, 5.41) is 16.0. The number of rotatable bonds is 2. The quantitative estimate of drug-likeness (QED) is 0.527. The molecule has 8 heteroatoms. The van der Waals surface area contributed by atoms with Crippen molar-refractivity contribution in [1.29, 1.82) is 0 Å². The molecule has 7 nitrogen and oxygen atoms in total. The molecular weight excluding hydrogens is 285 g/mol. The number of nitrogens with zero attached hydrogens (tertiary/aromatic N) is 7. The molecule has 0 aliphatic carbocycles. The number of hydrogen-bond acceptors (Lipinski definition) is 5. The van der Waals surface area contributed by atoms with E-state index in [1.165, 1.54) is 10.9 Å². The predicted octanol–water partition coefficient (Wildman–Crippen LogP) is 1.82. The zero-order valence-corrected chi connectivity index (χ0v) is 11.5. The number of aromatic nitrogens is 7. The molecule has 0 saturated carbocycles. The molecule has 4 aromatic heterocycles. The monoisotopic (exact) mass is 295 g/mol. The Morgan fingerprint density at radius 2 is 2.09 bits per heavy atom. The van der Waals surface area contributed by atoms with Crippen LogP contribution in [0.1, 0.15) is 5.69 Å². The van der Waals surface area contributed by atoms with Gasteiger partial charge in [0.25, 0.3) is 0 Å². The van der Waals surface area contributed by atoms with Gasteiger partial charge >= 0.3 is 0 Å². The van der Waals surface area contributed by atoms with Crippen LogP contribution in [0.15, 0.2) is 43.0 Å². The zero-order valence-electron chi connectivity index (χ0n) is 11.5. The zero-order chi connectivity index (χ0) is 15.1. The standard InChI is InChI=1S/C14H10FN7/c1-9-13(10-4-6-21-8-17-18-12(21)7-10)19-20-22(9)11-3-2-5-16-14(11)15/h2-8H,1H3. The van der Waals surface area contributed by atoms with Crippen LogP contribution in [0, 0.1) is 12.9 Å². The lowest BCUT2D eigenvalue weighted by Crippen LogP contribution is -2.03. The third-order valence-corrected chi connectivity index (χ3v) is 3.44. The van der Waals surface area contributed by atoms with Crippen LogP contribution < -0.4 is 0 Å². The van der Waals surface area contributed by atoms with E-state index in [1.807, 2.05) is 25.3 Å². The Hall–Kier alpha value is -3.16. The minimum Gasteiger partial charge on any atom is -0.289 e. The van der Waals surface area contributed by atoms with E-state index >= 15 is 0 Å². The molecule has 0 fully saturated rings. The van der Waals surface area contributed by atoms with E-state index in [-0.39, 0.29) is 5.69 Å². The second-order valence-electron chi connectivity index (χ2n) is 4.76. The van der Waals surface area contributed by atoms with Gasteiger partial charge in [-0.1, -0.05) is 5.21 Å². The van der Waals surface area contributed by atoms with Crippen molar-refractivity contribution in [3.63, 3.8) is 0 Å². The molecule has 0 unspecified atom stereocenters. The van der Waals surface area contributed by atoms with Crippen molar-refractivity contribution in [3.05, 3.63) is 54.6 Å². The molecule has 0 atom stereocenters. The summed E-state index contributed by atoms with van der Waals surface area (Å²) in [6, 6.07) is 7.00. The van der Waals surface area contributed by atoms with Gasteiger partial charge in [-0.3, -0.25) is 4.40 Å². The van der Waals surface area contributed by atoms with Crippen molar-refractivity contribution >= 4 is 5.65 Å². The van der Waals surface area contributed by atoms with E-state index < -0.39 is 5.95 Å². The highest BCUT2D eigenvalue weighted by molar-refractivity contribution is 5.65. The fraction of sp³-hybridized carbons (Fsp3) is 0.0714. The van der Waals surface area contributed by atoms with Crippen LogP contribution in [0.25, 0.3) is 22.6 Å². The second kappa shape index (κ2) is 4.69. The summed E-state index contributed by atoms with van der Waals surface area (Å²) >= 11 is 0. The normalized spacial score (nSPS) is 11.2. The average molecular weight is 295 g/mol. The lowest BCUT2D eigenvalue weighted by atomic mass is 10.1. The van der Waals surface area contributed by atoms with Crippen LogP contribution in [0.4, 0.5) is 4.39 Å². The molecule has 4 aromatic rings. The summed E-state index contributed by atoms with van der Waals surface area (Å²) in [4.78, 5) is 3.64. The van der Waals surface area contributed by atoms with E-state index in [0.717, 1.165) is 11.3 Å². The summed E-state index contributed by atoms with van der Waals surface area (Å²) in [6.45, 7) is 1.83. The van der Waals surface area contributed by atoms with E-state index in [0.29, 0.717) is 11.3 Å². The van der Waals surface area contributed by atoms with E-state index in [1.54, 1.807) is 22.9 Å². The third-order valence-electron chi connectivity index (χ3n) is 3.44. The van der Waals surface area contributed by atoms with Gasteiger partial charge in [0, 0.05) is 18.0 Å². The molecule has 0 N–H and O–H groups in total. The minimum absolute atomic E-state index is 0.266. The maximum atomic E-state index is 13.8. The van der Waals surface area contributed by atoms with Crippen LogP contribution in [0.2, 0.25) is 0 Å². The lowest BCUT2D eigenvalue weighted by molar-refractivity contribution is 0.564. The predicted molar refractivity (Wildman–Crippen MR) is 75.8 cm³/mol. The third kappa shape index (κ3) is 1.85. The smallest absolute Gasteiger partial charge is 0.238 e. The largest absolute Gasteiger partial charge is 0.289 e. The first kappa shape index (κ1) is 12.6. The first-order valence-corrected chi connectivity index (χ1v) is 6.57. The molecule has 4 rings (SSSR count). The van der Waals surface area contributed by atoms with Crippen molar-refractivity contribution < 1.29 is 4.39 Å². The van der Waals surface area contributed by atoms with E-state index in [2.05, 4.69) is 25.5 Å². The van der Waals surface area contributed by atoms with Crippen LogP contribution >= 0.6 is 0 Å². The molecule has 108 valence electrons.